The molecule has 2 aliphatic rings. The Bertz CT molecular complexity index is 331. The zero-order valence-corrected chi connectivity index (χ0v) is 10.8. The van der Waals surface area contributed by atoms with Crippen LogP contribution in [0.3, 0.4) is 0 Å². The molecule has 0 aromatic carbocycles. The maximum atomic E-state index is 2.33. The Balaban J connectivity index is 2.10. The molecule has 2 rings (SSSR count). The van der Waals surface area contributed by atoms with E-state index < -0.39 is 0 Å². The molecule has 15 heavy (non-hydrogen) atoms. The summed E-state index contributed by atoms with van der Waals surface area (Å²) >= 11 is 0.615. The van der Waals surface area contributed by atoms with E-state index >= 15 is 0 Å². The third kappa shape index (κ3) is 2.36. The van der Waals surface area contributed by atoms with Gasteiger partial charge in [0.2, 0.25) is 0 Å². The molecule has 0 radical (unpaired) electrons. The standard InChI is InChI=1S/2C7H9.Cr/c2*1-2-7-5-3-4-6-7;/h2*3,5H,2,4H2,1H3;. The van der Waals surface area contributed by atoms with Crippen LogP contribution in [0.4, 0.5) is 0 Å². The molecule has 0 bridgehead atoms. The van der Waals surface area contributed by atoms with Crippen LogP contribution in [0.2, 0.25) is 0 Å². The predicted octanol–water partition coefficient (Wildman–Crippen LogP) is 4.32. The van der Waals surface area contributed by atoms with Gasteiger partial charge in [0.15, 0.2) is 0 Å². The molecule has 0 saturated heterocycles. The summed E-state index contributed by atoms with van der Waals surface area (Å²) in [4.78, 5) is 0. The monoisotopic (exact) mass is 238 g/mol. The molecule has 80 valence electrons. The van der Waals surface area contributed by atoms with Crippen molar-refractivity contribution >= 4 is 0 Å². The van der Waals surface area contributed by atoms with Crippen LogP contribution in [0.25, 0.3) is 0 Å². The van der Waals surface area contributed by atoms with Gasteiger partial charge in [-0.15, -0.1) is 0 Å². The molecule has 0 unspecified atom stereocenters. The second kappa shape index (κ2) is 5.01. The SMILES string of the molecule is CCC1=[C]([Cr][C]2=C(CC)C=CC2)CC=C1. The van der Waals surface area contributed by atoms with E-state index in [1.165, 1.54) is 25.7 Å². The number of hydrogen-bond donors (Lipinski definition) is 0. The van der Waals surface area contributed by atoms with Crippen molar-refractivity contribution in [3.8, 4) is 0 Å². The molecule has 1 heteroatoms. The fraction of sp³-hybridized carbons (Fsp3) is 0.429. The number of allylic oxidation sites excluding steroid dienone is 8. The molecule has 0 aromatic heterocycles. The Kier molecular flexibility index (Phi) is 3.67. The molecule has 0 aromatic rings. The molecule has 0 spiro atoms. The summed E-state index contributed by atoms with van der Waals surface area (Å²) in [5.74, 6) is 0. The van der Waals surface area contributed by atoms with Crippen molar-refractivity contribution in [2.45, 2.75) is 39.5 Å². The molecule has 0 nitrogen and oxygen atoms in total. The molecule has 0 saturated carbocycles. The van der Waals surface area contributed by atoms with Gasteiger partial charge < -0.3 is 0 Å². The van der Waals surface area contributed by atoms with Crippen molar-refractivity contribution in [3.05, 3.63) is 44.3 Å². The third-order valence-electron chi connectivity index (χ3n) is 2.97. The molecule has 0 N–H and O–H groups in total. The minimum atomic E-state index is 0.615. The second-order valence-corrected chi connectivity index (χ2v) is 5.78. The summed E-state index contributed by atoms with van der Waals surface area (Å²) in [6.07, 6.45) is 14.1. The van der Waals surface area contributed by atoms with Gasteiger partial charge >= 0.3 is 99.1 Å². The van der Waals surface area contributed by atoms with E-state index in [-0.39, 0.29) is 0 Å². The summed E-state index contributed by atoms with van der Waals surface area (Å²) in [6.45, 7) is 4.53. The molecule has 0 atom stereocenters. The van der Waals surface area contributed by atoms with E-state index in [0.717, 1.165) is 0 Å². The molecular weight excluding hydrogens is 220 g/mol. The van der Waals surface area contributed by atoms with E-state index in [4.69, 9.17) is 0 Å². The summed E-state index contributed by atoms with van der Waals surface area (Å²) in [7, 11) is 0. The van der Waals surface area contributed by atoms with Crippen LogP contribution < -0.4 is 0 Å². The quantitative estimate of drug-likeness (QED) is 0.684. The van der Waals surface area contributed by atoms with Crippen LogP contribution in [-0.4, -0.2) is 0 Å². The van der Waals surface area contributed by atoms with Crippen molar-refractivity contribution in [1.29, 1.82) is 0 Å². The van der Waals surface area contributed by atoms with Crippen LogP contribution in [-0.2, 0) is 15.2 Å². The zero-order chi connectivity index (χ0) is 10.7. The predicted molar refractivity (Wildman–Crippen MR) is 62.1 cm³/mol. The summed E-state index contributed by atoms with van der Waals surface area (Å²) in [5, 5.41) is 0. The van der Waals surface area contributed by atoms with Gasteiger partial charge in [0, 0.05) is 0 Å². The van der Waals surface area contributed by atoms with Crippen LogP contribution in [0.5, 0.6) is 0 Å². The van der Waals surface area contributed by atoms with E-state index in [9.17, 15) is 0 Å². The van der Waals surface area contributed by atoms with Gasteiger partial charge in [-0.25, -0.2) is 0 Å². The van der Waals surface area contributed by atoms with E-state index in [1.807, 2.05) is 0 Å². The van der Waals surface area contributed by atoms with Gasteiger partial charge in [0.25, 0.3) is 0 Å². The Morgan fingerprint density at radius 3 is 1.80 bits per heavy atom. The first-order valence-electron chi connectivity index (χ1n) is 5.80. The van der Waals surface area contributed by atoms with Crippen molar-refractivity contribution < 1.29 is 15.2 Å². The number of rotatable bonds is 4. The molecule has 0 aliphatic heterocycles. The fourth-order valence-electron chi connectivity index (χ4n) is 2.06. The molecule has 2 aliphatic carbocycles. The van der Waals surface area contributed by atoms with Crippen LogP contribution in [0.1, 0.15) is 39.5 Å². The van der Waals surface area contributed by atoms with Gasteiger partial charge in [0.1, 0.15) is 0 Å². The average molecular weight is 238 g/mol. The maximum absolute atomic E-state index is 2.33. The van der Waals surface area contributed by atoms with Crippen LogP contribution in [0.15, 0.2) is 44.3 Å². The van der Waals surface area contributed by atoms with E-state index in [2.05, 4.69) is 38.2 Å². The number of hydrogen-bond acceptors (Lipinski definition) is 0. The zero-order valence-electron chi connectivity index (χ0n) is 9.55. The molecular formula is C14H18Cr. The molecule has 0 heterocycles. The van der Waals surface area contributed by atoms with Crippen LogP contribution in [0, 0.1) is 0 Å². The van der Waals surface area contributed by atoms with Gasteiger partial charge in [-0.3, -0.25) is 0 Å². The minimum absolute atomic E-state index is 0.615. The van der Waals surface area contributed by atoms with Crippen molar-refractivity contribution in [2.24, 2.45) is 0 Å². The summed E-state index contributed by atoms with van der Waals surface area (Å²) in [6, 6.07) is 0. The Hall–Kier alpha value is -0.508. The first kappa shape index (κ1) is 11.0. The topological polar surface area (TPSA) is 0 Å². The van der Waals surface area contributed by atoms with Crippen molar-refractivity contribution in [1.82, 2.24) is 0 Å². The summed E-state index contributed by atoms with van der Waals surface area (Å²) < 4.78 is 3.43. The fourth-order valence-corrected chi connectivity index (χ4v) is 4.16. The molecule has 0 fully saturated rings. The van der Waals surface area contributed by atoms with Gasteiger partial charge in [0.05, 0.1) is 0 Å². The van der Waals surface area contributed by atoms with E-state index in [0.29, 0.717) is 15.2 Å². The molecule has 0 amide bonds. The Morgan fingerprint density at radius 1 is 0.933 bits per heavy atom. The third-order valence-corrected chi connectivity index (χ3v) is 5.08. The summed E-state index contributed by atoms with van der Waals surface area (Å²) in [5.41, 5.74) is 3.20. The Morgan fingerprint density at radius 2 is 1.40 bits per heavy atom. The van der Waals surface area contributed by atoms with Crippen molar-refractivity contribution in [3.63, 3.8) is 0 Å². The normalized spacial score (nSPS) is 19.9. The van der Waals surface area contributed by atoms with Crippen molar-refractivity contribution in [2.75, 3.05) is 0 Å². The second-order valence-electron chi connectivity index (χ2n) is 3.92. The van der Waals surface area contributed by atoms with Crippen LogP contribution >= 0.6 is 0 Å². The van der Waals surface area contributed by atoms with Gasteiger partial charge in [-0.2, -0.15) is 0 Å². The average Bonchev–Trinajstić information content (AvgIpc) is 2.87. The first-order valence-corrected chi connectivity index (χ1v) is 7.07. The van der Waals surface area contributed by atoms with Gasteiger partial charge in [-0.1, -0.05) is 0 Å². The van der Waals surface area contributed by atoms with E-state index in [1.54, 1.807) is 20.0 Å². The van der Waals surface area contributed by atoms with Gasteiger partial charge in [-0.05, 0) is 0 Å². The first-order chi connectivity index (χ1) is 7.35. The Labute approximate surface area is 99.2 Å².